The zero-order valence-electron chi connectivity index (χ0n) is 10.7. The van der Waals surface area contributed by atoms with Crippen LogP contribution >= 0.6 is 0 Å². The molecule has 3 nitrogen and oxygen atoms in total. The average Bonchev–Trinajstić information content (AvgIpc) is 3.23. The number of rotatable bonds is 3. The van der Waals surface area contributed by atoms with Crippen LogP contribution in [0.5, 0.6) is 0 Å². The second-order valence-corrected chi connectivity index (χ2v) is 5.57. The summed E-state index contributed by atoms with van der Waals surface area (Å²) in [4.78, 5) is 0. The molecular formula is C14H23N3. The van der Waals surface area contributed by atoms with Crippen molar-refractivity contribution >= 4 is 0 Å². The van der Waals surface area contributed by atoms with Crippen molar-refractivity contribution in [1.29, 1.82) is 0 Å². The lowest BCUT2D eigenvalue weighted by Gasteiger charge is -2.37. The Hall–Kier alpha value is -0.960. The molecule has 2 N–H and O–H groups in total. The van der Waals surface area contributed by atoms with Crippen LogP contribution in [-0.2, 0) is 0 Å². The fourth-order valence-corrected chi connectivity index (χ4v) is 2.84. The first-order valence-electron chi connectivity index (χ1n) is 7.01. The third-order valence-electron chi connectivity index (χ3n) is 4.21. The van der Waals surface area contributed by atoms with Crippen molar-refractivity contribution in [1.82, 2.24) is 15.8 Å². The van der Waals surface area contributed by atoms with Gasteiger partial charge in [-0.1, -0.05) is 6.42 Å². The highest BCUT2D eigenvalue weighted by Crippen LogP contribution is 2.38. The zero-order chi connectivity index (χ0) is 11.7. The lowest BCUT2D eigenvalue weighted by atomic mass is 9.98. The van der Waals surface area contributed by atoms with Crippen molar-refractivity contribution in [3.63, 3.8) is 0 Å². The Labute approximate surface area is 104 Å². The SMILES string of the molecule is CC(C1CCCCN1)N1C=C(C2CC2)C=CN1. The topological polar surface area (TPSA) is 27.3 Å². The van der Waals surface area contributed by atoms with Gasteiger partial charge in [-0.15, -0.1) is 0 Å². The quantitative estimate of drug-likeness (QED) is 0.782. The molecule has 0 aromatic rings. The molecule has 1 saturated heterocycles. The van der Waals surface area contributed by atoms with Crippen LogP contribution in [-0.4, -0.2) is 23.6 Å². The Kier molecular flexibility index (Phi) is 3.10. The van der Waals surface area contributed by atoms with Crippen LogP contribution in [0.15, 0.2) is 24.0 Å². The standard InChI is InChI=1S/C14H23N3/c1-11(14-4-2-3-8-15-14)17-10-13(7-9-16-17)12-5-6-12/h7,9-12,14-16H,2-6,8H2,1H3. The van der Waals surface area contributed by atoms with Crippen LogP contribution in [0.2, 0.25) is 0 Å². The summed E-state index contributed by atoms with van der Waals surface area (Å²) >= 11 is 0. The van der Waals surface area contributed by atoms with Crippen LogP contribution in [0.3, 0.4) is 0 Å². The molecule has 0 spiro atoms. The van der Waals surface area contributed by atoms with Gasteiger partial charge < -0.3 is 10.7 Å². The van der Waals surface area contributed by atoms with Gasteiger partial charge in [-0.05, 0) is 56.7 Å². The van der Waals surface area contributed by atoms with Crippen LogP contribution in [0.25, 0.3) is 0 Å². The average molecular weight is 233 g/mol. The normalized spacial score (nSPS) is 30.8. The van der Waals surface area contributed by atoms with Crippen molar-refractivity contribution in [3.05, 3.63) is 24.0 Å². The summed E-state index contributed by atoms with van der Waals surface area (Å²) < 4.78 is 0. The van der Waals surface area contributed by atoms with Crippen molar-refractivity contribution in [3.8, 4) is 0 Å². The van der Waals surface area contributed by atoms with Gasteiger partial charge in [0.2, 0.25) is 0 Å². The molecule has 1 aliphatic carbocycles. The van der Waals surface area contributed by atoms with E-state index in [1.807, 2.05) is 0 Å². The molecule has 2 heterocycles. The molecule has 2 atom stereocenters. The van der Waals surface area contributed by atoms with Crippen LogP contribution in [0.1, 0.15) is 39.0 Å². The van der Waals surface area contributed by atoms with Crippen molar-refractivity contribution in [2.45, 2.75) is 51.1 Å². The van der Waals surface area contributed by atoms with E-state index in [-0.39, 0.29) is 0 Å². The smallest absolute Gasteiger partial charge is 0.0622 e. The molecule has 2 unspecified atom stereocenters. The van der Waals surface area contributed by atoms with Crippen molar-refractivity contribution in [2.24, 2.45) is 5.92 Å². The van der Waals surface area contributed by atoms with Gasteiger partial charge in [0.05, 0.1) is 6.04 Å². The minimum atomic E-state index is 0.522. The maximum absolute atomic E-state index is 3.64. The molecule has 0 amide bonds. The van der Waals surface area contributed by atoms with Crippen LogP contribution in [0, 0.1) is 5.92 Å². The molecule has 3 aliphatic rings. The maximum Gasteiger partial charge on any atom is 0.0622 e. The first-order valence-corrected chi connectivity index (χ1v) is 7.01. The number of hydrogen-bond donors (Lipinski definition) is 2. The van der Waals surface area contributed by atoms with E-state index in [4.69, 9.17) is 0 Å². The Morgan fingerprint density at radius 2 is 2.18 bits per heavy atom. The predicted molar refractivity (Wildman–Crippen MR) is 70.0 cm³/mol. The molecule has 0 aromatic heterocycles. The summed E-state index contributed by atoms with van der Waals surface area (Å²) in [5.74, 6) is 0.836. The summed E-state index contributed by atoms with van der Waals surface area (Å²) in [5, 5.41) is 5.93. The summed E-state index contributed by atoms with van der Waals surface area (Å²) in [6.45, 7) is 3.49. The molecule has 3 heteroatoms. The van der Waals surface area contributed by atoms with E-state index in [1.54, 1.807) is 0 Å². The molecule has 0 radical (unpaired) electrons. The number of nitrogens with one attached hydrogen (secondary N) is 2. The predicted octanol–water partition coefficient (Wildman–Crippen LogP) is 2.14. The highest BCUT2D eigenvalue weighted by Gasteiger charge is 2.29. The summed E-state index contributed by atoms with van der Waals surface area (Å²) in [6.07, 6.45) is 13.4. The van der Waals surface area contributed by atoms with E-state index in [0.717, 1.165) is 5.92 Å². The highest BCUT2D eigenvalue weighted by molar-refractivity contribution is 5.27. The number of hydrogen-bond acceptors (Lipinski definition) is 3. The third-order valence-corrected chi connectivity index (χ3v) is 4.21. The first-order chi connectivity index (χ1) is 8.34. The van der Waals surface area contributed by atoms with Gasteiger partial charge in [0.1, 0.15) is 0 Å². The molecule has 0 bridgehead atoms. The lowest BCUT2D eigenvalue weighted by Crippen LogP contribution is -2.52. The first kappa shape index (κ1) is 11.1. The van der Waals surface area contributed by atoms with E-state index in [9.17, 15) is 0 Å². The van der Waals surface area contributed by atoms with E-state index in [0.29, 0.717) is 12.1 Å². The summed E-state index contributed by atoms with van der Waals surface area (Å²) in [7, 11) is 0. The second kappa shape index (κ2) is 4.73. The molecular weight excluding hydrogens is 210 g/mol. The zero-order valence-corrected chi connectivity index (χ0v) is 10.7. The summed E-state index contributed by atoms with van der Waals surface area (Å²) in [5.41, 5.74) is 4.87. The summed E-state index contributed by atoms with van der Waals surface area (Å²) in [6, 6.07) is 1.15. The Balaban J connectivity index is 1.64. The van der Waals surface area contributed by atoms with Gasteiger partial charge in [0.25, 0.3) is 0 Å². The molecule has 2 aliphatic heterocycles. The number of hydrazine groups is 1. The molecule has 17 heavy (non-hydrogen) atoms. The fraction of sp³-hybridized carbons (Fsp3) is 0.714. The minimum Gasteiger partial charge on any atom is -0.312 e. The van der Waals surface area contributed by atoms with E-state index in [2.05, 4.69) is 41.2 Å². The fourth-order valence-electron chi connectivity index (χ4n) is 2.84. The van der Waals surface area contributed by atoms with Crippen LogP contribution in [0.4, 0.5) is 0 Å². The molecule has 0 aromatic carbocycles. The molecule has 1 saturated carbocycles. The van der Waals surface area contributed by atoms with Gasteiger partial charge >= 0.3 is 0 Å². The number of piperidine rings is 1. The molecule has 94 valence electrons. The van der Waals surface area contributed by atoms with Gasteiger partial charge in [-0.3, -0.25) is 5.01 Å². The van der Waals surface area contributed by atoms with Crippen molar-refractivity contribution in [2.75, 3.05) is 6.54 Å². The third kappa shape index (κ3) is 2.49. The Morgan fingerprint density at radius 1 is 1.29 bits per heavy atom. The van der Waals surface area contributed by atoms with E-state index < -0.39 is 0 Å². The van der Waals surface area contributed by atoms with Gasteiger partial charge in [0, 0.05) is 18.4 Å². The van der Waals surface area contributed by atoms with E-state index >= 15 is 0 Å². The largest absolute Gasteiger partial charge is 0.312 e. The van der Waals surface area contributed by atoms with Crippen LogP contribution < -0.4 is 10.7 Å². The van der Waals surface area contributed by atoms with Crippen molar-refractivity contribution < 1.29 is 0 Å². The van der Waals surface area contributed by atoms with Gasteiger partial charge in [0.15, 0.2) is 0 Å². The number of allylic oxidation sites excluding steroid dienone is 2. The second-order valence-electron chi connectivity index (χ2n) is 5.57. The minimum absolute atomic E-state index is 0.522. The van der Waals surface area contributed by atoms with Gasteiger partial charge in [-0.2, -0.15) is 0 Å². The highest BCUT2D eigenvalue weighted by atomic mass is 15.5. The lowest BCUT2D eigenvalue weighted by molar-refractivity contribution is 0.172. The maximum atomic E-state index is 3.64. The monoisotopic (exact) mass is 233 g/mol. The van der Waals surface area contributed by atoms with Gasteiger partial charge in [-0.25, -0.2) is 0 Å². The Morgan fingerprint density at radius 3 is 2.88 bits per heavy atom. The number of nitrogens with zero attached hydrogens (tertiary/aromatic N) is 1. The Bertz CT molecular complexity index is 324. The molecule has 2 fully saturated rings. The molecule has 3 rings (SSSR count). The van der Waals surface area contributed by atoms with E-state index in [1.165, 1.54) is 44.2 Å².